The van der Waals surface area contributed by atoms with Crippen LogP contribution in [-0.2, 0) is 4.74 Å². The summed E-state index contributed by atoms with van der Waals surface area (Å²) in [4.78, 5) is 2.38. The maximum atomic E-state index is 6.31. The predicted molar refractivity (Wildman–Crippen MR) is 57.2 cm³/mol. The molecule has 1 aliphatic heterocycles. The lowest BCUT2D eigenvalue weighted by Crippen LogP contribution is -2.51. The lowest BCUT2D eigenvalue weighted by Gasteiger charge is -2.33. The van der Waals surface area contributed by atoms with Gasteiger partial charge in [-0.25, -0.2) is 0 Å². The Morgan fingerprint density at radius 1 is 1.43 bits per heavy atom. The molecule has 2 unspecified atom stereocenters. The van der Waals surface area contributed by atoms with Gasteiger partial charge in [-0.1, -0.05) is 0 Å². The Kier molecular flexibility index (Phi) is 2.82. The van der Waals surface area contributed by atoms with Crippen LogP contribution in [0.15, 0.2) is 0 Å². The Balaban J connectivity index is 1.82. The highest BCUT2D eigenvalue weighted by molar-refractivity contribution is 4.97. The number of hydrogen-bond acceptors (Lipinski definition) is 3. The zero-order valence-electron chi connectivity index (χ0n) is 9.33. The summed E-state index contributed by atoms with van der Waals surface area (Å²) in [5.41, 5.74) is 6.32. The number of hydrogen-bond donors (Lipinski definition) is 1. The zero-order valence-corrected chi connectivity index (χ0v) is 9.33. The minimum Gasteiger partial charge on any atom is -0.380 e. The molecular weight excluding hydrogens is 176 g/mol. The Hall–Kier alpha value is -0.120. The van der Waals surface area contributed by atoms with Gasteiger partial charge in [0.15, 0.2) is 0 Å². The Morgan fingerprint density at radius 3 is 2.64 bits per heavy atom. The predicted octanol–water partition coefficient (Wildman–Crippen LogP) is 0.834. The maximum Gasteiger partial charge on any atom is 0.0622 e. The minimum atomic E-state index is 0.0113. The summed E-state index contributed by atoms with van der Waals surface area (Å²) in [5.74, 6) is 0.757. The van der Waals surface area contributed by atoms with E-state index in [0.29, 0.717) is 6.04 Å². The van der Waals surface area contributed by atoms with E-state index in [1.165, 1.54) is 12.8 Å². The van der Waals surface area contributed by atoms with Gasteiger partial charge in [0, 0.05) is 24.7 Å². The molecule has 0 aromatic carbocycles. The molecule has 2 fully saturated rings. The van der Waals surface area contributed by atoms with Gasteiger partial charge in [0.25, 0.3) is 0 Å². The first-order chi connectivity index (χ1) is 6.59. The zero-order chi connectivity index (χ0) is 10.2. The molecule has 2 atom stereocenters. The largest absolute Gasteiger partial charge is 0.380 e. The van der Waals surface area contributed by atoms with E-state index in [1.54, 1.807) is 0 Å². The van der Waals surface area contributed by atoms with Crippen LogP contribution in [-0.4, -0.2) is 43.3 Å². The molecule has 1 saturated heterocycles. The molecule has 14 heavy (non-hydrogen) atoms. The molecule has 2 N–H and O–H groups in total. The molecule has 1 heterocycles. The van der Waals surface area contributed by atoms with E-state index in [-0.39, 0.29) is 5.54 Å². The van der Waals surface area contributed by atoms with Crippen molar-refractivity contribution in [1.82, 2.24) is 4.90 Å². The summed E-state index contributed by atoms with van der Waals surface area (Å²) in [6, 6.07) is 0.594. The Bertz CT molecular complexity index is 195. The summed E-state index contributed by atoms with van der Waals surface area (Å²) in [6.07, 6.45) is 3.81. The number of ether oxygens (including phenoxy) is 1. The molecular formula is C11H22N2O. The third-order valence-corrected chi connectivity index (χ3v) is 3.63. The summed E-state index contributed by atoms with van der Waals surface area (Å²) < 4.78 is 5.39. The van der Waals surface area contributed by atoms with Crippen LogP contribution in [0.1, 0.15) is 26.2 Å². The minimum absolute atomic E-state index is 0.0113. The van der Waals surface area contributed by atoms with E-state index in [2.05, 4.69) is 18.9 Å². The van der Waals surface area contributed by atoms with Gasteiger partial charge in [-0.05, 0) is 39.2 Å². The molecule has 0 aromatic heterocycles. The van der Waals surface area contributed by atoms with E-state index in [9.17, 15) is 0 Å². The van der Waals surface area contributed by atoms with Crippen LogP contribution in [0.25, 0.3) is 0 Å². The van der Waals surface area contributed by atoms with E-state index in [4.69, 9.17) is 10.5 Å². The van der Waals surface area contributed by atoms with Crippen LogP contribution in [0, 0.1) is 5.92 Å². The molecule has 82 valence electrons. The molecule has 2 aliphatic rings. The van der Waals surface area contributed by atoms with Crippen molar-refractivity contribution in [1.29, 1.82) is 0 Å². The van der Waals surface area contributed by atoms with Gasteiger partial charge < -0.3 is 10.5 Å². The van der Waals surface area contributed by atoms with Crippen molar-refractivity contribution in [3.05, 3.63) is 0 Å². The maximum absolute atomic E-state index is 6.31. The second kappa shape index (κ2) is 3.80. The molecule has 0 amide bonds. The van der Waals surface area contributed by atoms with Crippen LogP contribution in [0.3, 0.4) is 0 Å². The normalized spacial score (nSPS) is 32.1. The van der Waals surface area contributed by atoms with Crippen LogP contribution in [0.4, 0.5) is 0 Å². The smallest absolute Gasteiger partial charge is 0.0622 e. The first kappa shape index (κ1) is 10.4. The van der Waals surface area contributed by atoms with Gasteiger partial charge in [0.1, 0.15) is 0 Å². The van der Waals surface area contributed by atoms with Crippen molar-refractivity contribution in [3.63, 3.8) is 0 Å². The molecule has 2 rings (SSSR count). The van der Waals surface area contributed by atoms with Gasteiger partial charge >= 0.3 is 0 Å². The van der Waals surface area contributed by atoms with Gasteiger partial charge in [0.2, 0.25) is 0 Å². The van der Waals surface area contributed by atoms with Crippen LogP contribution in [0.2, 0.25) is 0 Å². The molecule has 0 bridgehead atoms. The molecule has 3 heteroatoms. The van der Waals surface area contributed by atoms with Crippen molar-refractivity contribution in [2.75, 3.05) is 26.8 Å². The van der Waals surface area contributed by atoms with Crippen molar-refractivity contribution in [2.45, 2.75) is 37.8 Å². The summed E-state index contributed by atoms with van der Waals surface area (Å²) in [5, 5.41) is 0. The number of nitrogens with two attached hydrogens (primary N) is 1. The highest BCUT2D eigenvalue weighted by Crippen LogP contribution is 2.38. The van der Waals surface area contributed by atoms with E-state index in [1.807, 2.05) is 0 Å². The molecule has 3 nitrogen and oxygen atoms in total. The van der Waals surface area contributed by atoms with Crippen molar-refractivity contribution in [3.8, 4) is 0 Å². The first-order valence-corrected chi connectivity index (χ1v) is 5.66. The van der Waals surface area contributed by atoms with Gasteiger partial charge in [-0.3, -0.25) is 4.90 Å². The highest BCUT2D eigenvalue weighted by Gasteiger charge is 2.39. The molecule has 0 aromatic rings. The fraction of sp³-hybridized carbons (Fsp3) is 1.00. The second-order valence-corrected chi connectivity index (χ2v) is 5.21. The fourth-order valence-corrected chi connectivity index (χ4v) is 2.41. The third-order valence-electron chi connectivity index (χ3n) is 3.63. The number of likely N-dealkylation sites (N-methyl/N-ethyl adjacent to an activating group) is 1. The first-order valence-electron chi connectivity index (χ1n) is 5.66. The van der Waals surface area contributed by atoms with Gasteiger partial charge in [0.05, 0.1) is 6.61 Å². The van der Waals surface area contributed by atoms with Crippen molar-refractivity contribution >= 4 is 0 Å². The summed E-state index contributed by atoms with van der Waals surface area (Å²) in [7, 11) is 2.17. The van der Waals surface area contributed by atoms with E-state index < -0.39 is 0 Å². The van der Waals surface area contributed by atoms with Crippen LogP contribution < -0.4 is 5.73 Å². The fourth-order valence-electron chi connectivity index (χ4n) is 2.41. The summed E-state index contributed by atoms with van der Waals surface area (Å²) >= 11 is 0. The quantitative estimate of drug-likeness (QED) is 0.727. The van der Waals surface area contributed by atoms with E-state index >= 15 is 0 Å². The lowest BCUT2D eigenvalue weighted by atomic mass is 9.96. The number of rotatable bonds is 4. The average Bonchev–Trinajstić information content (AvgIpc) is 2.82. The van der Waals surface area contributed by atoms with Crippen molar-refractivity contribution < 1.29 is 4.74 Å². The van der Waals surface area contributed by atoms with Gasteiger partial charge in [-0.15, -0.1) is 0 Å². The standard InChI is InChI=1S/C11H22N2O/c1-11(12,9-3-4-9)8-13(2)10-5-6-14-7-10/h9-10H,3-8,12H2,1-2H3. The van der Waals surface area contributed by atoms with E-state index in [0.717, 1.165) is 32.1 Å². The topological polar surface area (TPSA) is 38.5 Å². The number of nitrogens with zero attached hydrogens (tertiary/aromatic N) is 1. The Labute approximate surface area is 86.6 Å². The lowest BCUT2D eigenvalue weighted by molar-refractivity contribution is 0.141. The monoisotopic (exact) mass is 198 g/mol. The molecule has 1 aliphatic carbocycles. The van der Waals surface area contributed by atoms with Gasteiger partial charge in [-0.2, -0.15) is 0 Å². The SMILES string of the molecule is CN(CC(C)(N)C1CC1)C1CCOC1. The molecule has 0 spiro atoms. The molecule has 1 saturated carbocycles. The molecule has 0 radical (unpaired) electrons. The third kappa shape index (κ3) is 2.27. The van der Waals surface area contributed by atoms with Crippen molar-refractivity contribution in [2.24, 2.45) is 11.7 Å². The highest BCUT2D eigenvalue weighted by atomic mass is 16.5. The second-order valence-electron chi connectivity index (χ2n) is 5.21. The summed E-state index contributed by atoms with van der Waals surface area (Å²) in [6.45, 7) is 5.00. The Morgan fingerprint density at radius 2 is 2.14 bits per heavy atom. The van der Waals surface area contributed by atoms with Crippen LogP contribution in [0.5, 0.6) is 0 Å². The average molecular weight is 198 g/mol. The van der Waals surface area contributed by atoms with Crippen LogP contribution >= 0.6 is 0 Å².